The van der Waals surface area contributed by atoms with Crippen LogP contribution in [0.1, 0.15) is 26.7 Å². The van der Waals surface area contributed by atoms with Crippen LogP contribution in [0.5, 0.6) is 0 Å². The van der Waals surface area contributed by atoms with Gasteiger partial charge in [-0.25, -0.2) is 17.8 Å². The van der Waals surface area contributed by atoms with Crippen LogP contribution in [-0.2, 0) is 32.9 Å². The van der Waals surface area contributed by atoms with Crippen LogP contribution < -0.4 is 18.9 Å². The first-order valence-corrected chi connectivity index (χ1v) is 8.79. The standard InChI is InChI=1S/C9H19O9PS.Li/c1-3-5-6-15-9(10)19(11,16-4-2)17-7-8-18-20(12,13)14;/h3-8H2,1-2H3,(H,12,13,14);/q;+1/p-1. The average Bonchev–Trinajstić information content (AvgIpc) is 2.34. The van der Waals surface area contributed by atoms with Crippen molar-refractivity contribution >= 4 is 23.7 Å². The van der Waals surface area contributed by atoms with Crippen LogP contribution in [0, 0.1) is 0 Å². The number of hydrogen-bond acceptors (Lipinski definition) is 9. The molecule has 0 amide bonds. The molecule has 0 aliphatic rings. The third kappa shape index (κ3) is 11.3. The van der Waals surface area contributed by atoms with Gasteiger partial charge in [-0.3, -0.25) is 8.71 Å². The zero-order valence-electron chi connectivity index (χ0n) is 12.3. The molecule has 0 aliphatic heterocycles. The number of unbranched alkanes of at least 4 members (excludes halogenated alkanes) is 1. The minimum Gasteiger partial charge on any atom is -0.726 e. The van der Waals surface area contributed by atoms with E-state index < -0.39 is 36.9 Å². The van der Waals surface area contributed by atoms with Crippen molar-refractivity contribution in [2.24, 2.45) is 0 Å². The number of hydrogen-bond donors (Lipinski definition) is 0. The first-order valence-electron chi connectivity index (χ1n) is 5.92. The largest absolute Gasteiger partial charge is 1.00 e. The van der Waals surface area contributed by atoms with Crippen LogP contribution in [0.4, 0.5) is 4.79 Å². The van der Waals surface area contributed by atoms with E-state index in [9.17, 15) is 22.3 Å². The predicted octanol–water partition coefficient (Wildman–Crippen LogP) is -1.35. The Morgan fingerprint density at radius 3 is 2.24 bits per heavy atom. The van der Waals surface area contributed by atoms with Crippen LogP contribution in [-0.4, -0.2) is 45.1 Å². The van der Waals surface area contributed by atoms with Gasteiger partial charge in [-0.2, -0.15) is 0 Å². The summed E-state index contributed by atoms with van der Waals surface area (Å²) in [7, 11) is -9.04. The molecule has 0 spiro atoms. The quantitative estimate of drug-likeness (QED) is 0.147. The Bertz CT molecular complexity index is 438. The second kappa shape index (κ2) is 11.6. The maximum Gasteiger partial charge on any atom is 1.00 e. The third-order valence-electron chi connectivity index (χ3n) is 1.82. The van der Waals surface area contributed by atoms with Gasteiger partial charge in [0.25, 0.3) is 0 Å². The molecule has 1 unspecified atom stereocenters. The first kappa shape index (κ1) is 23.4. The van der Waals surface area contributed by atoms with Crippen LogP contribution in [0.3, 0.4) is 0 Å². The van der Waals surface area contributed by atoms with Crippen molar-refractivity contribution in [3.8, 4) is 0 Å². The molecular formula is C9H18LiO9PS. The summed E-state index contributed by atoms with van der Waals surface area (Å²) in [6.45, 7) is 2.13. The average molecular weight is 340 g/mol. The maximum absolute atomic E-state index is 12.0. The molecule has 9 nitrogen and oxygen atoms in total. The summed E-state index contributed by atoms with van der Waals surface area (Å²) >= 11 is 0. The molecule has 0 rings (SSSR count). The molecule has 0 bridgehead atoms. The maximum atomic E-state index is 12.0. The van der Waals surface area contributed by atoms with Crippen molar-refractivity contribution in [1.29, 1.82) is 0 Å². The van der Waals surface area contributed by atoms with Gasteiger partial charge >= 0.3 is 32.2 Å². The Labute approximate surface area is 136 Å². The molecule has 0 heterocycles. The molecule has 0 saturated heterocycles. The Morgan fingerprint density at radius 1 is 1.14 bits per heavy atom. The number of rotatable bonds is 11. The SMILES string of the molecule is CCCCOC(=O)P(=O)(OCC)OCCOS(=O)(=O)[O-].[Li+]. The van der Waals surface area contributed by atoms with Crippen LogP contribution in [0.15, 0.2) is 0 Å². The molecule has 0 saturated carbocycles. The molecule has 120 valence electrons. The minimum atomic E-state index is -4.87. The van der Waals surface area contributed by atoms with Crippen molar-refractivity contribution < 1.29 is 59.2 Å². The van der Waals surface area contributed by atoms with Gasteiger partial charge in [0, 0.05) is 0 Å². The van der Waals surface area contributed by atoms with Crippen LogP contribution >= 0.6 is 7.60 Å². The summed E-state index contributed by atoms with van der Waals surface area (Å²) in [5.74, 6) is 0. The van der Waals surface area contributed by atoms with Gasteiger partial charge in [0.1, 0.15) is 0 Å². The molecule has 0 radical (unpaired) electrons. The predicted molar refractivity (Wildman–Crippen MR) is 67.1 cm³/mol. The summed E-state index contributed by atoms with van der Waals surface area (Å²) in [5, 5.41) is 0. The summed E-state index contributed by atoms with van der Waals surface area (Å²) in [4.78, 5) is 11.6. The van der Waals surface area contributed by atoms with Crippen LogP contribution in [0.2, 0.25) is 0 Å². The minimum absolute atomic E-state index is 0. The van der Waals surface area contributed by atoms with E-state index in [1.807, 2.05) is 6.92 Å². The van der Waals surface area contributed by atoms with Crippen molar-refractivity contribution in [1.82, 2.24) is 0 Å². The van der Waals surface area contributed by atoms with E-state index >= 15 is 0 Å². The van der Waals surface area contributed by atoms with E-state index in [2.05, 4.69) is 8.71 Å². The zero-order valence-corrected chi connectivity index (χ0v) is 14.0. The Morgan fingerprint density at radius 2 is 1.76 bits per heavy atom. The first-order chi connectivity index (χ1) is 9.25. The molecule has 21 heavy (non-hydrogen) atoms. The monoisotopic (exact) mass is 340 g/mol. The third-order valence-corrected chi connectivity index (χ3v) is 3.97. The smallest absolute Gasteiger partial charge is 0.726 e. The molecule has 0 aliphatic carbocycles. The van der Waals surface area contributed by atoms with Gasteiger partial charge in [-0.15, -0.1) is 0 Å². The summed E-state index contributed by atoms with van der Waals surface area (Å²) in [6, 6.07) is 0. The number of ether oxygens (including phenoxy) is 1. The fraction of sp³-hybridized carbons (Fsp3) is 0.889. The Hall–Kier alpha value is 0.0874. The van der Waals surface area contributed by atoms with Crippen molar-refractivity contribution in [2.75, 3.05) is 26.4 Å². The second-order valence-corrected chi connectivity index (χ2v) is 6.38. The van der Waals surface area contributed by atoms with Crippen molar-refractivity contribution in [2.45, 2.75) is 26.7 Å². The molecule has 1 atom stereocenters. The molecule has 12 heteroatoms. The second-order valence-electron chi connectivity index (χ2n) is 3.45. The van der Waals surface area contributed by atoms with Gasteiger partial charge in [0.2, 0.25) is 10.4 Å². The fourth-order valence-electron chi connectivity index (χ4n) is 0.989. The van der Waals surface area contributed by atoms with Gasteiger partial charge in [-0.1, -0.05) is 13.3 Å². The summed E-state index contributed by atoms with van der Waals surface area (Å²) in [6.07, 6.45) is 1.37. The van der Waals surface area contributed by atoms with Gasteiger partial charge in [-0.05, 0) is 13.3 Å². The Balaban J connectivity index is 0. The van der Waals surface area contributed by atoms with E-state index in [1.165, 1.54) is 6.92 Å². The van der Waals surface area contributed by atoms with Crippen molar-refractivity contribution in [3.05, 3.63) is 0 Å². The molecule has 0 aromatic rings. The van der Waals surface area contributed by atoms with E-state index in [0.717, 1.165) is 6.42 Å². The van der Waals surface area contributed by atoms with E-state index in [1.54, 1.807) is 0 Å². The molecular weight excluding hydrogens is 322 g/mol. The van der Waals surface area contributed by atoms with Gasteiger partial charge < -0.3 is 13.8 Å². The normalized spacial score (nSPS) is 14.0. The van der Waals surface area contributed by atoms with E-state index in [0.29, 0.717) is 6.42 Å². The summed E-state index contributed by atoms with van der Waals surface area (Å²) in [5.41, 5.74) is -1.15. The number of carbonyl (C=O) groups excluding carboxylic acids is 1. The molecule has 0 N–H and O–H groups in total. The van der Waals surface area contributed by atoms with E-state index in [4.69, 9.17) is 9.26 Å². The van der Waals surface area contributed by atoms with Gasteiger partial charge in [0.05, 0.1) is 26.4 Å². The number of carbonyl (C=O) groups is 1. The molecule has 0 aromatic heterocycles. The molecule has 0 fully saturated rings. The topological polar surface area (TPSA) is 128 Å². The molecule has 0 aromatic carbocycles. The summed E-state index contributed by atoms with van der Waals surface area (Å²) < 4.78 is 60.5. The fourth-order valence-corrected chi connectivity index (χ4v) is 2.45. The Kier molecular flexibility index (Phi) is 12.9. The zero-order chi connectivity index (χ0) is 15.6. The van der Waals surface area contributed by atoms with E-state index in [-0.39, 0.29) is 32.1 Å². The van der Waals surface area contributed by atoms with Gasteiger partial charge in [0.15, 0.2) is 0 Å². The van der Waals surface area contributed by atoms with Crippen LogP contribution in [0.25, 0.3) is 0 Å². The van der Waals surface area contributed by atoms with Crippen molar-refractivity contribution in [3.63, 3.8) is 0 Å².